The van der Waals surface area contributed by atoms with E-state index in [2.05, 4.69) is 10.3 Å². The van der Waals surface area contributed by atoms with E-state index in [1.54, 1.807) is 21.9 Å². The zero-order valence-electron chi connectivity index (χ0n) is 24.6. The molecule has 2 aromatic rings. The van der Waals surface area contributed by atoms with Crippen LogP contribution in [0.4, 0.5) is 8.78 Å². The SMILES string of the molecule is Cn1nnc(COc2ccc(Cl)c3c2C(CN2CC4(CC4)CC2=O)N(C(=O)[C@@H]2CCC[C@H](O)[C@]2(C)C(=O)O)CC3)c1C(F)F. The number of aromatic nitrogens is 3. The molecule has 2 aliphatic carbocycles. The van der Waals surface area contributed by atoms with Crippen LogP contribution in [0.1, 0.15) is 80.4 Å². The number of aliphatic carboxylic acids is 1. The summed E-state index contributed by atoms with van der Waals surface area (Å²) in [7, 11) is 1.37. The average molecular weight is 636 g/mol. The van der Waals surface area contributed by atoms with Crippen molar-refractivity contribution in [2.75, 3.05) is 19.6 Å². The quantitative estimate of drug-likeness (QED) is 0.448. The van der Waals surface area contributed by atoms with Crippen molar-refractivity contribution in [1.82, 2.24) is 24.8 Å². The lowest BCUT2D eigenvalue weighted by molar-refractivity contribution is -0.173. The standard InChI is InChI=1S/C30H36ClF2N5O6/c1-29(28(42)43)17(4-3-5-22(29)39)27(41)38-11-8-16-18(31)6-7-21(44-14-19-25(26(32)33)36(2)35-34-19)24(16)20(38)13-37-15-30(9-10-30)12-23(37)40/h6-7,17,20,22,26,39H,3-5,8-15H2,1-2H3,(H,42,43)/t17-,20?,22-,29+/m0/s1. The van der Waals surface area contributed by atoms with Gasteiger partial charge in [-0.2, -0.15) is 0 Å². The predicted octanol–water partition coefficient (Wildman–Crippen LogP) is 3.68. The van der Waals surface area contributed by atoms with Gasteiger partial charge in [0.15, 0.2) is 0 Å². The lowest BCUT2D eigenvalue weighted by Gasteiger charge is -2.46. The van der Waals surface area contributed by atoms with Gasteiger partial charge in [-0.25, -0.2) is 13.5 Å². The number of hydrogen-bond acceptors (Lipinski definition) is 7. The molecule has 238 valence electrons. The van der Waals surface area contributed by atoms with Crippen molar-refractivity contribution in [3.05, 3.63) is 39.7 Å². The van der Waals surface area contributed by atoms with Gasteiger partial charge in [-0.1, -0.05) is 23.2 Å². The van der Waals surface area contributed by atoms with Gasteiger partial charge in [0.25, 0.3) is 6.43 Å². The largest absolute Gasteiger partial charge is 0.487 e. The smallest absolute Gasteiger partial charge is 0.312 e. The van der Waals surface area contributed by atoms with E-state index in [1.165, 1.54) is 14.0 Å². The third-order valence-electron chi connectivity index (χ3n) is 10.3. The van der Waals surface area contributed by atoms with Crippen LogP contribution >= 0.6 is 11.6 Å². The zero-order chi connectivity index (χ0) is 31.6. The molecule has 0 radical (unpaired) electrons. The van der Waals surface area contributed by atoms with E-state index in [-0.39, 0.29) is 48.8 Å². The molecule has 1 aromatic heterocycles. The summed E-state index contributed by atoms with van der Waals surface area (Å²) in [5.74, 6) is -2.37. The number of carbonyl (C=O) groups excluding carboxylic acids is 2. The van der Waals surface area contributed by atoms with Gasteiger partial charge in [-0.3, -0.25) is 14.4 Å². The number of carboxylic acids is 1. The molecule has 4 atom stereocenters. The molecular formula is C30H36ClF2N5O6. The highest BCUT2D eigenvalue weighted by molar-refractivity contribution is 6.31. The second-order valence-corrected chi connectivity index (χ2v) is 13.3. The summed E-state index contributed by atoms with van der Waals surface area (Å²) >= 11 is 6.67. The van der Waals surface area contributed by atoms with Gasteiger partial charge in [0.05, 0.1) is 18.1 Å². The van der Waals surface area contributed by atoms with Crippen molar-refractivity contribution in [2.24, 2.45) is 23.8 Å². The molecular weight excluding hydrogens is 600 g/mol. The van der Waals surface area contributed by atoms with E-state index in [9.17, 15) is 33.4 Å². The summed E-state index contributed by atoms with van der Waals surface area (Å²) in [6.45, 7) is 2.02. The van der Waals surface area contributed by atoms with E-state index < -0.39 is 41.8 Å². The van der Waals surface area contributed by atoms with Gasteiger partial charge in [-0.15, -0.1) is 5.10 Å². The van der Waals surface area contributed by atoms with Crippen molar-refractivity contribution in [3.8, 4) is 5.75 Å². The third-order valence-corrected chi connectivity index (χ3v) is 10.6. The number of benzene rings is 1. The summed E-state index contributed by atoms with van der Waals surface area (Å²) in [4.78, 5) is 43.4. The number of hydrogen-bond donors (Lipinski definition) is 2. The first-order valence-corrected chi connectivity index (χ1v) is 15.3. The van der Waals surface area contributed by atoms with Gasteiger partial charge < -0.3 is 24.7 Å². The van der Waals surface area contributed by atoms with Gasteiger partial charge in [0.1, 0.15) is 29.2 Å². The Labute approximate surface area is 258 Å². The Bertz CT molecular complexity index is 1500. The Morgan fingerprint density at radius 2 is 2.00 bits per heavy atom. The molecule has 2 amide bonds. The van der Waals surface area contributed by atoms with Crippen molar-refractivity contribution >= 4 is 29.4 Å². The van der Waals surface area contributed by atoms with Crippen LogP contribution in [-0.2, 0) is 34.5 Å². The third kappa shape index (κ3) is 5.11. The van der Waals surface area contributed by atoms with Crippen LogP contribution in [0.25, 0.3) is 0 Å². The number of aryl methyl sites for hydroxylation is 1. The number of rotatable bonds is 8. The Kier molecular flexibility index (Phi) is 7.84. The maximum atomic E-state index is 14.4. The number of nitrogens with zero attached hydrogens (tertiary/aromatic N) is 5. The number of carbonyl (C=O) groups is 3. The number of halogens is 3. The minimum absolute atomic E-state index is 0.0175. The molecule has 1 aromatic carbocycles. The highest BCUT2D eigenvalue weighted by Crippen LogP contribution is 2.54. The topological polar surface area (TPSA) is 138 Å². The predicted molar refractivity (Wildman–Crippen MR) is 152 cm³/mol. The number of aliphatic hydroxyl groups excluding tert-OH is 1. The molecule has 14 heteroatoms. The summed E-state index contributed by atoms with van der Waals surface area (Å²) in [5, 5.41) is 28.9. The van der Waals surface area contributed by atoms with E-state index in [4.69, 9.17) is 16.3 Å². The maximum absolute atomic E-state index is 14.4. The maximum Gasteiger partial charge on any atom is 0.312 e. The highest BCUT2D eigenvalue weighted by atomic mass is 35.5. The fourth-order valence-electron chi connectivity index (χ4n) is 7.37. The van der Waals surface area contributed by atoms with Crippen LogP contribution in [0, 0.1) is 16.7 Å². The summed E-state index contributed by atoms with van der Waals surface area (Å²) in [6.07, 6.45) is -0.263. The van der Waals surface area contributed by atoms with Crippen LogP contribution in [0.5, 0.6) is 5.75 Å². The lowest BCUT2D eigenvalue weighted by Crippen LogP contribution is -2.56. The Hall–Kier alpha value is -3.32. The van der Waals surface area contributed by atoms with Crippen molar-refractivity contribution in [3.63, 3.8) is 0 Å². The molecule has 2 saturated carbocycles. The monoisotopic (exact) mass is 635 g/mol. The van der Waals surface area contributed by atoms with E-state index in [0.717, 1.165) is 17.5 Å². The van der Waals surface area contributed by atoms with Crippen LogP contribution in [0.15, 0.2) is 12.1 Å². The van der Waals surface area contributed by atoms with Crippen molar-refractivity contribution < 1.29 is 38.1 Å². The number of likely N-dealkylation sites (tertiary alicyclic amines) is 1. The Morgan fingerprint density at radius 1 is 1.25 bits per heavy atom. The molecule has 3 heterocycles. The van der Waals surface area contributed by atoms with Crippen molar-refractivity contribution in [2.45, 2.75) is 77.0 Å². The fourth-order valence-corrected chi connectivity index (χ4v) is 7.63. The first-order chi connectivity index (χ1) is 20.9. The molecule has 1 saturated heterocycles. The van der Waals surface area contributed by atoms with Crippen LogP contribution in [0.2, 0.25) is 5.02 Å². The van der Waals surface area contributed by atoms with E-state index in [0.29, 0.717) is 54.1 Å². The molecule has 2 aliphatic heterocycles. The van der Waals surface area contributed by atoms with Crippen molar-refractivity contribution in [1.29, 1.82) is 0 Å². The molecule has 1 spiro atoms. The van der Waals surface area contributed by atoms with E-state index in [1.807, 2.05) is 0 Å². The Balaban J connectivity index is 1.39. The molecule has 6 rings (SSSR count). The number of aliphatic hydroxyl groups is 1. The second-order valence-electron chi connectivity index (χ2n) is 12.9. The summed E-state index contributed by atoms with van der Waals surface area (Å²) in [5.41, 5.74) is -0.869. The van der Waals surface area contributed by atoms with Gasteiger partial charge >= 0.3 is 5.97 Å². The van der Waals surface area contributed by atoms with Crippen LogP contribution < -0.4 is 4.74 Å². The molecule has 4 aliphatic rings. The number of ether oxygens (including phenoxy) is 1. The summed E-state index contributed by atoms with van der Waals surface area (Å²) in [6, 6.07) is 2.51. The van der Waals surface area contributed by atoms with Gasteiger partial charge in [-0.05, 0) is 62.1 Å². The Morgan fingerprint density at radius 3 is 2.66 bits per heavy atom. The molecule has 3 fully saturated rings. The molecule has 11 nitrogen and oxygen atoms in total. The number of alkyl halides is 2. The lowest BCUT2D eigenvalue weighted by atomic mass is 9.64. The first-order valence-electron chi connectivity index (χ1n) is 15.0. The van der Waals surface area contributed by atoms with Crippen LogP contribution in [0.3, 0.4) is 0 Å². The van der Waals surface area contributed by atoms with Crippen LogP contribution in [-0.4, -0.2) is 78.5 Å². The van der Waals surface area contributed by atoms with Gasteiger partial charge in [0, 0.05) is 43.7 Å². The minimum Gasteiger partial charge on any atom is -0.487 e. The fraction of sp³-hybridized carbons (Fsp3) is 0.633. The van der Waals surface area contributed by atoms with E-state index >= 15 is 0 Å². The number of carboxylic acid groups (broad SMARTS) is 1. The zero-order valence-corrected chi connectivity index (χ0v) is 25.4. The second kappa shape index (κ2) is 11.2. The number of amides is 2. The molecule has 1 unspecified atom stereocenters. The molecule has 0 bridgehead atoms. The highest BCUT2D eigenvalue weighted by Gasteiger charge is 2.56. The molecule has 44 heavy (non-hydrogen) atoms. The van der Waals surface area contributed by atoms with Gasteiger partial charge in [0.2, 0.25) is 11.8 Å². The summed E-state index contributed by atoms with van der Waals surface area (Å²) < 4.78 is 34.5. The number of fused-ring (bicyclic) bond motifs is 1. The average Bonchev–Trinajstić information content (AvgIpc) is 3.51. The molecule has 2 N–H and O–H groups in total. The first kappa shape index (κ1) is 30.7. The minimum atomic E-state index is -2.82. The normalized spacial score (nSPS) is 27.6.